The lowest BCUT2D eigenvalue weighted by atomic mass is 10.1. The molecule has 1 aromatic carbocycles. The molecule has 0 unspecified atom stereocenters. The molecule has 0 bridgehead atoms. The van der Waals surface area contributed by atoms with Gasteiger partial charge in [-0.3, -0.25) is 4.79 Å². The smallest absolute Gasteiger partial charge is 0.359 e. The molecule has 0 aromatic heterocycles. The Balaban J connectivity index is 2.16. The summed E-state index contributed by atoms with van der Waals surface area (Å²) in [5.41, 5.74) is -0.778. The summed E-state index contributed by atoms with van der Waals surface area (Å²) in [5.74, 6) is -0.352. The predicted octanol–water partition coefficient (Wildman–Crippen LogP) is 2.53. The molecule has 1 aliphatic rings. The largest absolute Gasteiger partial charge is 0.416 e. The minimum atomic E-state index is -4.43. The molecule has 1 aliphatic heterocycles. The van der Waals surface area contributed by atoms with Crippen molar-refractivity contribution in [1.29, 1.82) is 0 Å². The highest BCUT2D eigenvalue weighted by atomic mass is 19.4. The quantitative estimate of drug-likeness (QED) is 0.774. The van der Waals surface area contributed by atoms with Gasteiger partial charge in [0.25, 0.3) is 0 Å². The van der Waals surface area contributed by atoms with E-state index in [1.807, 2.05) is 0 Å². The Morgan fingerprint density at radius 2 is 2.05 bits per heavy atom. The average Bonchev–Trinajstić information content (AvgIpc) is 2.89. The Kier molecular flexibility index (Phi) is 3.90. The number of amides is 1. The molecular weight excluding hydrogens is 259 g/mol. The summed E-state index contributed by atoms with van der Waals surface area (Å²) in [4.78, 5) is 13.1. The van der Waals surface area contributed by atoms with Crippen LogP contribution < -0.4 is 0 Å². The lowest BCUT2D eigenvalue weighted by Gasteiger charge is -2.11. The van der Waals surface area contributed by atoms with E-state index < -0.39 is 11.7 Å². The minimum Gasteiger partial charge on any atom is -0.359 e. The van der Waals surface area contributed by atoms with Crippen molar-refractivity contribution in [2.75, 3.05) is 19.9 Å². The summed E-state index contributed by atoms with van der Waals surface area (Å²) in [7, 11) is 0. The Morgan fingerprint density at radius 3 is 2.68 bits per heavy atom. The normalized spacial score (nSPS) is 16.3. The highest BCUT2D eigenvalue weighted by molar-refractivity contribution is 5.92. The van der Waals surface area contributed by atoms with Crippen molar-refractivity contribution in [1.82, 2.24) is 4.90 Å². The fourth-order valence-corrected chi connectivity index (χ4v) is 1.75. The molecule has 0 atom stereocenters. The Morgan fingerprint density at radius 1 is 1.32 bits per heavy atom. The molecule has 6 heteroatoms. The maximum atomic E-state index is 12.7. The number of halogens is 3. The number of alkyl halides is 3. The first-order valence-corrected chi connectivity index (χ1v) is 5.69. The van der Waals surface area contributed by atoms with Crippen LogP contribution in [-0.4, -0.2) is 30.7 Å². The monoisotopic (exact) mass is 271 g/mol. The first kappa shape index (κ1) is 13.6. The third-order valence-electron chi connectivity index (χ3n) is 2.74. The van der Waals surface area contributed by atoms with Crippen molar-refractivity contribution >= 4 is 12.0 Å². The van der Waals surface area contributed by atoms with E-state index in [2.05, 4.69) is 0 Å². The van der Waals surface area contributed by atoms with Gasteiger partial charge in [0.15, 0.2) is 0 Å². The van der Waals surface area contributed by atoms with Crippen LogP contribution in [0, 0.1) is 0 Å². The SMILES string of the molecule is O=C(/C=C/c1ccccc1C(F)(F)F)N1CCOC1. The number of rotatable bonds is 2. The summed E-state index contributed by atoms with van der Waals surface area (Å²) in [6.45, 7) is 1.10. The highest BCUT2D eigenvalue weighted by Gasteiger charge is 2.32. The topological polar surface area (TPSA) is 29.5 Å². The first-order chi connectivity index (χ1) is 8.98. The van der Waals surface area contributed by atoms with Crippen molar-refractivity contribution < 1.29 is 22.7 Å². The molecule has 0 spiro atoms. The van der Waals surface area contributed by atoms with Crippen LogP contribution in [0.4, 0.5) is 13.2 Å². The number of carbonyl (C=O) groups excluding carboxylic acids is 1. The third-order valence-corrected chi connectivity index (χ3v) is 2.74. The minimum absolute atomic E-state index is 0.0246. The Labute approximate surface area is 108 Å². The second kappa shape index (κ2) is 5.44. The molecule has 1 heterocycles. The van der Waals surface area contributed by atoms with Crippen LogP contribution >= 0.6 is 0 Å². The zero-order valence-corrected chi connectivity index (χ0v) is 9.98. The number of benzene rings is 1. The van der Waals surface area contributed by atoms with Crippen molar-refractivity contribution in [3.8, 4) is 0 Å². The van der Waals surface area contributed by atoms with Crippen LogP contribution in [-0.2, 0) is 15.7 Å². The van der Waals surface area contributed by atoms with Crippen molar-refractivity contribution in [3.05, 3.63) is 41.5 Å². The summed E-state index contributed by atoms with van der Waals surface area (Å²) >= 11 is 0. The van der Waals surface area contributed by atoms with Crippen LogP contribution in [0.1, 0.15) is 11.1 Å². The molecule has 1 amide bonds. The van der Waals surface area contributed by atoms with Gasteiger partial charge in [-0.05, 0) is 17.7 Å². The van der Waals surface area contributed by atoms with Gasteiger partial charge in [-0.1, -0.05) is 18.2 Å². The van der Waals surface area contributed by atoms with Gasteiger partial charge < -0.3 is 9.64 Å². The molecule has 0 saturated carbocycles. The maximum Gasteiger partial charge on any atom is 0.416 e. The van der Waals surface area contributed by atoms with Crippen molar-refractivity contribution in [2.45, 2.75) is 6.18 Å². The molecule has 0 aliphatic carbocycles. The second-order valence-electron chi connectivity index (χ2n) is 4.06. The van der Waals surface area contributed by atoms with E-state index in [0.29, 0.717) is 13.2 Å². The van der Waals surface area contributed by atoms with Gasteiger partial charge in [-0.15, -0.1) is 0 Å². The van der Waals surface area contributed by atoms with E-state index in [0.717, 1.165) is 12.1 Å². The predicted molar refractivity (Wildman–Crippen MR) is 63.0 cm³/mol. The molecule has 0 radical (unpaired) electrons. The fraction of sp³-hybridized carbons (Fsp3) is 0.308. The molecule has 3 nitrogen and oxygen atoms in total. The lowest BCUT2D eigenvalue weighted by Crippen LogP contribution is -2.26. The molecule has 0 N–H and O–H groups in total. The molecular formula is C13H12F3NO2. The van der Waals surface area contributed by atoms with Gasteiger partial charge in [0.05, 0.1) is 12.2 Å². The van der Waals surface area contributed by atoms with E-state index in [9.17, 15) is 18.0 Å². The maximum absolute atomic E-state index is 12.7. The summed E-state index contributed by atoms with van der Waals surface area (Å²) in [5, 5.41) is 0. The van der Waals surface area contributed by atoms with E-state index in [4.69, 9.17) is 4.74 Å². The zero-order valence-electron chi connectivity index (χ0n) is 9.98. The van der Waals surface area contributed by atoms with E-state index in [-0.39, 0.29) is 18.2 Å². The standard InChI is InChI=1S/C13H12F3NO2/c14-13(15,16)11-4-2-1-3-10(11)5-6-12(18)17-7-8-19-9-17/h1-6H,7-9H2/b6-5+. The van der Waals surface area contributed by atoms with Crippen LogP contribution in [0.3, 0.4) is 0 Å². The Hall–Kier alpha value is -1.82. The van der Waals surface area contributed by atoms with E-state index in [1.54, 1.807) is 0 Å². The number of nitrogens with zero attached hydrogens (tertiary/aromatic N) is 1. The number of carbonyl (C=O) groups is 1. The number of hydrogen-bond donors (Lipinski definition) is 0. The van der Waals surface area contributed by atoms with Crippen LogP contribution in [0.15, 0.2) is 30.3 Å². The molecule has 1 aromatic rings. The highest BCUT2D eigenvalue weighted by Crippen LogP contribution is 2.32. The van der Waals surface area contributed by atoms with Crippen molar-refractivity contribution in [3.63, 3.8) is 0 Å². The van der Waals surface area contributed by atoms with Gasteiger partial charge in [-0.25, -0.2) is 0 Å². The van der Waals surface area contributed by atoms with Crippen LogP contribution in [0.5, 0.6) is 0 Å². The number of ether oxygens (including phenoxy) is 1. The van der Waals surface area contributed by atoms with Gasteiger partial charge in [0.1, 0.15) is 6.73 Å². The molecule has 19 heavy (non-hydrogen) atoms. The third kappa shape index (κ3) is 3.35. The first-order valence-electron chi connectivity index (χ1n) is 5.69. The summed E-state index contributed by atoms with van der Waals surface area (Å²) in [6.07, 6.45) is -2.11. The molecule has 1 saturated heterocycles. The van der Waals surface area contributed by atoms with E-state index >= 15 is 0 Å². The van der Waals surface area contributed by atoms with Gasteiger partial charge in [0.2, 0.25) is 5.91 Å². The zero-order chi connectivity index (χ0) is 13.9. The molecule has 2 rings (SSSR count). The van der Waals surface area contributed by atoms with Gasteiger partial charge in [0, 0.05) is 12.6 Å². The molecule has 1 fully saturated rings. The fourth-order valence-electron chi connectivity index (χ4n) is 1.75. The molecule has 102 valence electrons. The van der Waals surface area contributed by atoms with Gasteiger partial charge in [-0.2, -0.15) is 13.2 Å². The van der Waals surface area contributed by atoms with Crippen molar-refractivity contribution in [2.24, 2.45) is 0 Å². The van der Waals surface area contributed by atoms with Crippen LogP contribution in [0.2, 0.25) is 0 Å². The Bertz CT molecular complexity index is 491. The average molecular weight is 271 g/mol. The summed E-state index contributed by atoms with van der Waals surface area (Å²) < 4.78 is 43.2. The number of hydrogen-bond acceptors (Lipinski definition) is 2. The summed E-state index contributed by atoms with van der Waals surface area (Å²) in [6, 6.07) is 5.13. The van der Waals surface area contributed by atoms with Crippen LogP contribution in [0.25, 0.3) is 6.08 Å². The lowest BCUT2D eigenvalue weighted by molar-refractivity contribution is -0.137. The van der Waals surface area contributed by atoms with E-state index in [1.165, 1.54) is 29.2 Å². The van der Waals surface area contributed by atoms with Gasteiger partial charge >= 0.3 is 6.18 Å². The second-order valence-corrected chi connectivity index (χ2v) is 4.06.